The van der Waals surface area contributed by atoms with Crippen LogP contribution in [0.15, 0.2) is 34.9 Å². The summed E-state index contributed by atoms with van der Waals surface area (Å²) in [6, 6.07) is 8.31. The Balaban J connectivity index is 2.94. The van der Waals surface area contributed by atoms with Crippen molar-refractivity contribution >= 4 is 21.4 Å². The molecular formula is C9H8BrN. The SMILES string of the molecule is Cc1cccc2c(Br)ccn12. The lowest BCUT2D eigenvalue weighted by atomic mass is 10.3. The predicted octanol–water partition coefficient (Wildman–Crippen LogP) is 3.01. The zero-order valence-electron chi connectivity index (χ0n) is 6.21. The maximum absolute atomic E-state index is 3.48. The minimum Gasteiger partial charge on any atom is -0.320 e. The molecule has 0 fully saturated rings. The maximum Gasteiger partial charge on any atom is 0.0594 e. The largest absolute Gasteiger partial charge is 0.320 e. The van der Waals surface area contributed by atoms with E-state index in [0.29, 0.717) is 0 Å². The van der Waals surface area contributed by atoms with Gasteiger partial charge in [0.2, 0.25) is 0 Å². The minimum atomic E-state index is 1.15. The van der Waals surface area contributed by atoms with E-state index < -0.39 is 0 Å². The molecule has 0 saturated carbocycles. The molecule has 2 aromatic heterocycles. The second-order valence-electron chi connectivity index (χ2n) is 2.59. The van der Waals surface area contributed by atoms with Crippen molar-refractivity contribution in [1.29, 1.82) is 0 Å². The molecule has 2 rings (SSSR count). The Morgan fingerprint density at radius 3 is 2.82 bits per heavy atom. The predicted molar refractivity (Wildman–Crippen MR) is 49.8 cm³/mol. The van der Waals surface area contributed by atoms with E-state index in [-0.39, 0.29) is 0 Å². The lowest BCUT2D eigenvalue weighted by molar-refractivity contribution is 1.10. The topological polar surface area (TPSA) is 4.41 Å². The quantitative estimate of drug-likeness (QED) is 0.629. The first-order chi connectivity index (χ1) is 5.29. The number of halogens is 1. The van der Waals surface area contributed by atoms with Crippen molar-refractivity contribution in [3.05, 3.63) is 40.6 Å². The number of aromatic nitrogens is 1. The molecule has 0 amide bonds. The Labute approximate surface area is 73.8 Å². The van der Waals surface area contributed by atoms with Gasteiger partial charge in [-0.05, 0) is 41.1 Å². The lowest BCUT2D eigenvalue weighted by Crippen LogP contribution is -1.86. The highest BCUT2D eigenvalue weighted by Crippen LogP contribution is 2.19. The van der Waals surface area contributed by atoms with Gasteiger partial charge in [0.15, 0.2) is 0 Å². The molecule has 0 unspecified atom stereocenters. The fourth-order valence-corrected chi connectivity index (χ4v) is 1.69. The summed E-state index contributed by atoms with van der Waals surface area (Å²) < 4.78 is 3.31. The third kappa shape index (κ3) is 0.979. The second kappa shape index (κ2) is 2.38. The Hall–Kier alpha value is -0.760. The molecule has 2 heteroatoms. The van der Waals surface area contributed by atoms with Crippen molar-refractivity contribution in [2.45, 2.75) is 6.92 Å². The van der Waals surface area contributed by atoms with Gasteiger partial charge < -0.3 is 4.40 Å². The van der Waals surface area contributed by atoms with Gasteiger partial charge in [0.05, 0.1) is 5.52 Å². The van der Waals surface area contributed by atoms with Crippen LogP contribution in [-0.4, -0.2) is 4.40 Å². The lowest BCUT2D eigenvalue weighted by Gasteiger charge is -1.98. The summed E-state index contributed by atoms with van der Waals surface area (Å²) in [5, 5.41) is 0. The van der Waals surface area contributed by atoms with Gasteiger partial charge in [0, 0.05) is 16.4 Å². The first-order valence-electron chi connectivity index (χ1n) is 3.51. The van der Waals surface area contributed by atoms with Gasteiger partial charge in [-0.1, -0.05) is 6.07 Å². The molecule has 0 aliphatic carbocycles. The Morgan fingerprint density at radius 1 is 1.27 bits per heavy atom. The molecule has 0 atom stereocenters. The maximum atomic E-state index is 3.48. The summed E-state index contributed by atoms with van der Waals surface area (Å²) in [5.74, 6) is 0. The number of hydrogen-bond acceptors (Lipinski definition) is 0. The number of hydrogen-bond donors (Lipinski definition) is 0. The van der Waals surface area contributed by atoms with Crippen molar-refractivity contribution in [3.8, 4) is 0 Å². The molecule has 2 heterocycles. The molecule has 11 heavy (non-hydrogen) atoms. The summed E-state index contributed by atoms with van der Waals surface area (Å²) in [7, 11) is 0. The molecule has 0 saturated heterocycles. The summed E-state index contributed by atoms with van der Waals surface area (Å²) in [5.41, 5.74) is 2.48. The summed E-state index contributed by atoms with van der Waals surface area (Å²) >= 11 is 3.48. The first-order valence-corrected chi connectivity index (χ1v) is 4.30. The van der Waals surface area contributed by atoms with Crippen LogP contribution in [-0.2, 0) is 0 Å². The van der Waals surface area contributed by atoms with E-state index in [4.69, 9.17) is 0 Å². The van der Waals surface area contributed by atoms with Crippen molar-refractivity contribution in [2.24, 2.45) is 0 Å². The van der Waals surface area contributed by atoms with E-state index in [1.54, 1.807) is 0 Å². The van der Waals surface area contributed by atoms with Gasteiger partial charge in [-0.2, -0.15) is 0 Å². The first kappa shape index (κ1) is 6.92. The molecule has 0 radical (unpaired) electrons. The molecule has 0 spiro atoms. The molecule has 0 bridgehead atoms. The molecule has 0 N–H and O–H groups in total. The van der Waals surface area contributed by atoms with Gasteiger partial charge in [-0.15, -0.1) is 0 Å². The third-order valence-corrected chi connectivity index (χ3v) is 2.52. The standard InChI is InChI=1S/C9H8BrN/c1-7-3-2-4-9-8(10)5-6-11(7)9/h2-6H,1H3. The molecular weight excluding hydrogens is 202 g/mol. The van der Waals surface area contributed by atoms with E-state index >= 15 is 0 Å². The zero-order valence-corrected chi connectivity index (χ0v) is 7.80. The number of aryl methyl sites for hydroxylation is 1. The van der Waals surface area contributed by atoms with Crippen LogP contribution in [0.3, 0.4) is 0 Å². The molecule has 0 aliphatic rings. The average Bonchev–Trinajstić information content (AvgIpc) is 2.35. The highest BCUT2D eigenvalue weighted by Gasteiger charge is 1.98. The second-order valence-corrected chi connectivity index (χ2v) is 3.44. The van der Waals surface area contributed by atoms with Gasteiger partial charge >= 0.3 is 0 Å². The smallest absolute Gasteiger partial charge is 0.0594 e. The summed E-state index contributed by atoms with van der Waals surface area (Å²) in [4.78, 5) is 0. The van der Waals surface area contributed by atoms with Crippen LogP contribution in [0.25, 0.3) is 5.52 Å². The van der Waals surface area contributed by atoms with Crippen LogP contribution in [0.5, 0.6) is 0 Å². The minimum absolute atomic E-state index is 1.15. The van der Waals surface area contributed by atoms with Crippen molar-refractivity contribution in [1.82, 2.24) is 4.40 Å². The number of rotatable bonds is 0. The van der Waals surface area contributed by atoms with Gasteiger partial charge in [0.25, 0.3) is 0 Å². The normalized spacial score (nSPS) is 10.7. The third-order valence-electron chi connectivity index (χ3n) is 1.85. The van der Waals surface area contributed by atoms with Crippen LogP contribution in [0.4, 0.5) is 0 Å². The Kier molecular flexibility index (Phi) is 1.50. The van der Waals surface area contributed by atoms with Crippen molar-refractivity contribution < 1.29 is 0 Å². The van der Waals surface area contributed by atoms with Crippen LogP contribution in [0.1, 0.15) is 5.69 Å². The molecule has 2 aromatic rings. The number of nitrogens with zero attached hydrogens (tertiary/aromatic N) is 1. The zero-order chi connectivity index (χ0) is 7.84. The van der Waals surface area contributed by atoms with Crippen LogP contribution in [0, 0.1) is 6.92 Å². The molecule has 0 aromatic carbocycles. The van der Waals surface area contributed by atoms with Crippen LogP contribution < -0.4 is 0 Å². The fourth-order valence-electron chi connectivity index (χ4n) is 1.25. The van der Waals surface area contributed by atoms with Crippen LogP contribution in [0.2, 0.25) is 0 Å². The monoisotopic (exact) mass is 209 g/mol. The Bertz CT molecular complexity index is 389. The molecule has 0 aliphatic heterocycles. The van der Waals surface area contributed by atoms with E-state index in [1.807, 2.05) is 0 Å². The van der Waals surface area contributed by atoms with Crippen molar-refractivity contribution in [3.63, 3.8) is 0 Å². The number of fused-ring (bicyclic) bond motifs is 1. The van der Waals surface area contributed by atoms with E-state index in [2.05, 4.69) is 57.7 Å². The van der Waals surface area contributed by atoms with Gasteiger partial charge in [-0.3, -0.25) is 0 Å². The fraction of sp³-hybridized carbons (Fsp3) is 0.111. The molecule has 56 valence electrons. The van der Waals surface area contributed by atoms with Gasteiger partial charge in [-0.25, -0.2) is 0 Å². The van der Waals surface area contributed by atoms with Crippen LogP contribution >= 0.6 is 15.9 Å². The number of pyridine rings is 1. The molecule has 1 nitrogen and oxygen atoms in total. The van der Waals surface area contributed by atoms with Gasteiger partial charge in [0.1, 0.15) is 0 Å². The summed E-state index contributed by atoms with van der Waals surface area (Å²) in [6.07, 6.45) is 2.06. The van der Waals surface area contributed by atoms with E-state index in [1.165, 1.54) is 11.2 Å². The summed E-state index contributed by atoms with van der Waals surface area (Å²) in [6.45, 7) is 2.10. The van der Waals surface area contributed by atoms with Crippen molar-refractivity contribution in [2.75, 3.05) is 0 Å². The highest BCUT2D eigenvalue weighted by molar-refractivity contribution is 9.10. The highest BCUT2D eigenvalue weighted by atomic mass is 79.9. The van der Waals surface area contributed by atoms with E-state index in [9.17, 15) is 0 Å². The average molecular weight is 210 g/mol. The van der Waals surface area contributed by atoms with E-state index in [0.717, 1.165) is 4.47 Å². The Morgan fingerprint density at radius 2 is 2.09 bits per heavy atom.